The first-order chi connectivity index (χ1) is 16.8. The molecule has 190 valence electrons. The zero-order chi connectivity index (χ0) is 24.8. The number of carbonyl (C=O) groups excluding carboxylic acids is 1. The van der Waals surface area contributed by atoms with E-state index >= 15 is 0 Å². The van der Waals surface area contributed by atoms with Gasteiger partial charge in [-0.3, -0.25) is 9.78 Å². The number of sulfonamides is 1. The standard InChI is InChI=1S/C24H33N5O5S/c1-3-33-20-8-4-5-9-21(20)34-19-7-6-12-28(17-19)23-16-25-15-22(26-23)27-24(30)18-10-13-29(14-11-18)35(2,31)32/h4-5,8-9,15-16,18-19H,3,6-7,10-14,17H2,1-2H3,(H,26,27,30)/t19-/m1/s1. The van der Waals surface area contributed by atoms with Crippen molar-refractivity contribution in [1.29, 1.82) is 0 Å². The fourth-order valence-electron chi connectivity index (χ4n) is 4.49. The van der Waals surface area contributed by atoms with Gasteiger partial charge in [-0.05, 0) is 44.7 Å². The summed E-state index contributed by atoms with van der Waals surface area (Å²) in [7, 11) is -3.23. The van der Waals surface area contributed by atoms with Crippen LogP contribution in [0.15, 0.2) is 36.7 Å². The van der Waals surface area contributed by atoms with E-state index in [9.17, 15) is 13.2 Å². The van der Waals surface area contributed by atoms with E-state index < -0.39 is 10.0 Å². The van der Waals surface area contributed by atoms with Crippen LogP contribution in [0.4, 0.5) is 11.6 Å². The third-order valence-corrected chi connectivity index (χ3v) is 7.61. The highest BCUT2D eigenvalue weighted by molar-refractivity contribution is 7.88. The zero-order valence-corrected chi connectivity index (χ0v) is 21.0. The second-order valence-electron chi connectivity index (χ2n) is 8.90. The number of aromatic nitrogens is 2. The van der Waals surface area contributed by atoms with Crippen LogP contribution >= 0.6 is 0 Å². The van der Waals surface area contributed by atoms with Crippen LogP contribution in [0.3, 0.4) is 0 Å². The average Bonchev–Trinajstić information content (AvgIpc) is 2.85. The van der Waals surface area contributed by atoms with Crippen LogP contribution in [0.2, 0.25) is 0 Å². The van der Waals surface area contributed by atoms with Crippen molar-refractivity contribution in [2.24, 2.45) is 5.92 Å². The molecule has 1 atom stereocenters. The predicted octanol–water partition coefficient (Wildman–Crippen LogP) is 2.53. The Morgan fingerprint density at radius 3 is 2.57 bits per heavy atom. The van der Waals surface area contributed by atoms with Gasteiger partial charge in [0.05, 0.1) is 31.8 Å². The molecule has 4 rings (SSSR count). The van der Waals surface area contributed by atoms with Crippen LogP contribution < -0.4 is 19.7 Å². The molecule has 2 fully saturated rings. The number of amides is 1. The molecule has 2 aromatic rings. The summed E-state index contributed by atoms with van der Waals surface area (Å²) in [4.78, 5) is 23.8. The number of carbonyl (C=O) groups is 1. The number of anilines is 2. The lowest BCUT2D eigenvalue weighted by Crippen LogP contribution is -2.42. The molecule has 0 unspecified atom stereocenters. The van der Waals surface area contributed by atoms with Crippen LogP contribution in [0.1, 0.15) is 32.6 Å². The van der Waals surface area contributed by atoms with E-state index in [0.717, 1.165) is 30.9 Å². The molecule has 0 bridgehead atoms. The molecule has 1 N–H and O–H groups in total. The zero-order valence-electron chi connectivity index (χ0n) is 20.2. The van der Waals surface area contributed by atoms with Crippen molar-refractivity contribution in [2.75, 3.05) is 49.3 Å². The van der Waals surface area contributed by atoms with Gasteiger partial charge >= 0.3 is 0 Å². The Kier molecular flexibility index (Phi) is 8.07. The maximum atomic E-state index is 12.8. The van der Waals surface area contributed by atoms with Gasteiger partial charge in [0.1, 0.15) is 11.9 Å². The van der Waals surface area contributed by atoms with E-state index in [4.69, 9.17) is 9.47 Å². The van der Waals surface area contributed by atoms with Gasteiger partial charge < -0.3 is 19.7 Å². The smallest absolute Gasteiger partial charge is 0.228 e. The summed E-state index contributed by atoms with van der Waals surface area (Å²) in [5.41, 5.74) is 0. The SMILES string of the molecule is CCOc1ccccc1O[C@@H]1CCCN(c2cncc(NC(=O)C3CCN(S(C)(=O)=O)CC3)n2)C1. The summed E-state index contributed by atoms with van der Waals surface area (Å²) in [6, 6.07) is 7.68. The minimum atomic E-state index is -3.23. The van der Waals surface area contributed by atoms with Gasteiger partial charge in [-0.2, -0.15) is 0 Å². The highest BCUT2D eigenvalue weighted by Gasteiger charge is 2.29. The molecule has 11 heteroatoms. The first-order valence-electron chi connectivity index (χ1n) is 12.0. The summed E-state index contributed by atoms with van der Waals surface area (Å²) in [6.45, 7) is 4.69. The summed E-state index contributed by atoms with van der Waals surface area (Å²) in [5, 5.41) is 2.86. The number of piperidine rings is 2. The second kappa shape index (κ2) is 11.2. The van der Waals surface area contributed by atoms with Crippen LogP contribution in [0.25, 0.3) is 0 Å². The lowest BCUT2D eigenvalue weighted by atomic mass is 9.97. The molecule has 10 nitrogen and oxygen atoms in total. The number of nitrogens with zero attached hydrogens (tertiary/aromatic N) is 4. The first kappa shape index (κ1) is 25.2. The Labute approximate surface area is 206 Å². The number of hydrogen-bond donors (Lipinski definition) is 1. The molecule has 0 aliphatic carbocycles. The molecule has 2 saturated heterocycles. The highest BCUT2D eigenvalue weighted by atomic mass is 32.2. The van der Waals surface area contributed by atoms with Crippen molar-refractivity contribution in [3.63, 3.8) is 0 Å². The van der Waals surface area contributed by atoms with Gasteiger partial charge in [-0.25, -0.2) is 17.7 Å². The molecule has 1 aromatic heterocycles. The molecule has 0 spiro atoms. The minimum Gasteiger partial charge on any atom is -0.490 e. The van der Waals surface area contributed by atoms with Crippen molar-refractivity contribution in [2.45, 2.75) is 38.7 Å². The molecule has 1 aromatic carbocycles. The van der Waals surface area contributed by atoms with Crippen molar-refractivity contribution in [1.82, 2.24) is 14.3 Å². The Morgan fingerprint density at radius 2 is 1.86 bits per heavy atom. The number of para-hydroxylation sites is 2. The van der Waals surface area contributed by atoms with Gasteiger partial charge in [-0.1, -0.05) is 12.1 Å². The van der Waals surface area contributed by atoms with Crippen molar-refractivity contribution in [3.05, 3.63) is 36.7 Å². The second-order valence-corrected chi connectivity index (χ2v) is 10.9. The van der Waals surface area contributed by atoms with Gasteiger partial charge in [0.25, 0.3) is 0 Å². The largest absolute Gasteiger partial charge is 0.490 e. The Morgan fingerprint density at radius 1 is 1.11 bits per heavy atom. The predicted molar refractivity (Wildman–Crippen MR) is 133 cm³/mol. The minimum absolute atomic E-state index is 0.0227. The highest BCUT2D eigenvalue weighted by Crippen LogP contribution is 2.30. The summed E-state index contributed by atoms with van der Waals surface area (Å²) in [6.07, 6.45) is 7.24. The van der Waals surface area contributed by atoms with Gasteiger partial charge in [-0.15, -0.1) is 0 Å². The van der Waals surface area contributed by atoms with Crippen LogP contribution in [-0.4, -0.2) is 73.7 Å². The van der Waals surface area contributed by atoms with Gasteiger partial charge in [0.2, 0.25) is 15.9 Å². The molecule has 2 aliphatic heterocycles. The number of rotatable bonds is 8. The molecule has 2 aliphatic rings. The van der Waals surface area contributed by atoms with Crippen LogP contribution in [0.5, 0.6) is 11.5 Å². The Bertz CT molecular complexity index is 1120. The van der Waals surface area contributed by atoms with Crippen LogP contribution in [0, 0.1) is 5.92 Å². The van der Waals surface area contributed by atoms with E-state index in [1.54, 1.807) is 6.20 Å². The molecule has 1 amide bonds. The third-order valence-electron chi connectivity index (χ3n) is 6.31. The van der Waals surface area contributed by atoms with E-state index in [1.807, 2.05) is 31.2 Å². The van der Waals surface area contributed by atoms with E-state index in [-0.39, 0.29) is 17.9 Å². The topological polar surface area (TPSA) is 114 Å². The van der Waals surface area contributed by atoms with Gasteiger partial charge in [0.15, 0.2) is 17.3 Å². The number of ether oxygens (including phenoxy) is 2. The lowest BCUT2D eigenvalue weighted by molar-refractivity contribution is -0.120. The Hall–Kier alpha value is -2.92. The molecular weight excluding hydrogens is 470 g/mol. The average molecular weight is 504 g/mol. The maximum absolute atomic E-state index is 12.8. The summed E-state index contributed by atoms with van der Waals surface area (Å²) < 4.78 is 36.8. The van der Waals surface area contributed by atoms with Crippen LogP contribution in [-0.2, 0) is 14.8 Å². The van der Waals surface area contributed by atoms with E-state index in [2.05, 4.69) is 20.2 Å². The number of benzene rings is 1. The quantitative estimate of drug-likeness (QED) is 0.585. The normalized spacial score (nSPS) is 19.8. The number of hydrogen-bond acceptors (Lipinski definition) is 8. The summed E-state index contributed by atoms with van der Waals surface area (Å²) >= 11 is 0. The maximum Gasteiger partial charge on any atom is 0.228 e. The molecule has 35 heavy (non-hydrogen) atoms. The lowest BCUT2D eigenvalue weighted by Gasteiger charge is -2.34. The van der Waals surface area contributed by atoms with Crippen molar-refractivity contribution in [3.8, 4) is 11.5 Å². The third kappa shape index (κ3) is 6.61. The fourth-order valence-corrected chi connectivity index (χ4v) is 5.36. The monoisotopic (exact) mass is 503 g/mol. The Balaban J connectivity index is 1.36. The molecular formula is C24H33N5O5S. The van der Waals surface area contributed by atoms with Crippen molar-refractivity contribution >= 4 is 27.6 Å². The first-order valence-corrected chi connectivity index (χ1v) is 13.9. The van der Waals surface area contributed by atoms with Gasteiger partial charge in [0, 0.05) is 25.6 Å². The van der Waals surface area contributed by atoms with E-state index in [0.29, 0.717) is 50.7 Å². The molecule has 0 radical (unpaired) electrons. The van der Waals surface area contributed by atoms with Crippen molar-refractivity contribution < 1.29 is 22.7 Å². The summed E-state index contributed by atoms with van der Waals surface area (Å²) in [5.74, 6) is 2.13. The molecule has 0 saturated carbocycles. The van der Waals surface area contributed by atoms with E-state index in [1.165, 1.54) is 16.8 Å². The number of nitrogens with one attached hydrogen (secondary N) is 1. The fraction of sp³-hybridized carbons (Fsp3) is 0.542. The molecule has 3 heterocycles.